The van der Waals surface area contributed by atoms with E-state index < -0.39 is 0 Å². The maximum atomic E-state index is 5.60. The van der Waals surface area contributed by atoms with Crippen LogP contribution in [0.25, 0.3) is 10.9 Å². The van der Waals surface area contributed by atoms with Crippen molar-refractivity contribution in [1.29, 1.82) is 0 Å². The third-order valence-electron chi connectivity index (χ3n) is 3.04. The fraction of sp³-hybridized carbons (Fsp3) is 0.385. The van der Waals surface area contributed by atoms with Gasteiger partial charge >= 0.3 is 0 Å². The minimum absolute atomic E-state index is 0.632. The lowest BCUT2D eigenvalue weighted by Crippen LogP contribution is -2.03. The average molecular weight is 234 g/mol. The summed E-state index contributed by atoms with van der Waals surface area (Å²) in [4.78, 5) is 3.37. The lowest BCUT2D eigenvalue weighted by molar-refractivity contribution is 0.398. The molecule has 92 valence electrons. The SMILES string of the molecule is COc1cc(OC)c2c(C)c(CCN)[nH]c2c1. The monoisotopic (exact) mass is 234 g/mol. The molecule has 3 N–H and O–H groups in total. The number of hydrogen-bond acceptors (Lipinski definition) is 3. The molecule has 4 nitrogen and oxygen atoms in total. The van der Waals surface area contributed by atoms with Crippen LogP contribution in [0, 0.1) is 6.92 Å². The number of rotatable bonds is 4. The van der Waals surface area contributed by atoms with Crippen molar-refractivity contribution in [3.05, 3.63) is 23.4 Å². The Morgan fingerprint density at radius 1 is 1.24 bits per heavy atom. The normalized spacial score (nSPS) is 10.8. The van der Waals surface area contributed by atoms with Gasteiger partial charge in [-0.15, -0.1) is 0 Å². The van der Waals surface area contributed by atoms with Crippen LogP contribution in [0.5, 0.6) is 11.5 Å². The smallest absolute Gasteiger partial charge is 0.132 e. The Kier molecular flexibility index (Phi) is 3.24. The number of benzene rings is 1. The second-order valence-electron chi connectivity index (χ2n) is 4.02. The number of aryl methyl sites for hydroxylation is 1. The second kappa shape index (κ2) is 4.67. The molecule has 0 spiro atoms. The molecule has 0 bridgehead atoms. The zero-order valence-electron chi connectivity index (χ0n) is 10.5. The minimum Gasteiger partial charge on any atom is -0.497 e. The van der Waals surface area contributed by atoms with E-state index in [2.05, 4.69) is 11.9 Å². The molecule has 0 aliphatic carbocycles. The van der Waals surface area contributed by atoms with Crippen molar-refractivity contribution >= 4 is 10.9 Å². The Balaban J connectivity index is 2.67. The van der Waals surface area contributed by atoms with Gasteiger partial charge in [0.15, 0.2) is 0 Å². The number of methoxy groups -OCH3 is 2. The molecule has 0 fully saturated rings. The first-order valence-corrected chi connectivity index (χ1v) is 5.64. The molecule has 0 aliphatic heterocycles. The fourth-order valence-corrected chi connectivity index (χ4v) is 2.16. The van der Waals surface area contributed by atoms with Gasteiger partial charge < -0.3 is 20.2 Å². The van der Waals surface area contributed by atoms with Crippen molar-refractivity contribution < 1.29 is 9.47 Å². The molecule has 0 aliphatic rings. The molecule has 1 aromatic carbocycles. The third-order valence-corrected chi connectivity index (χ3v) is 3.04. The summed E-state index contributed by atoms with van der Waals surface area (Å²) in [6, 6.07) is 3.88. The molecule has 4 heteroatoms. The first-order valence-electron chi connectivity index (χ1n) is 5.64. The number of aromatic nitrogens is 1. The quantitative estimate of drug-likeness (QED) is 0.850. The van der Waals surface area contributed by atoms with Gasteiger partial charge in [-0.1, -0.05) is 0 Å². The predicted octanol–water partition coefficient (Wildman–Crippen LogP) is 1.99. The summed E-state index contributed by atoms with van der Waals surface area (Å²) in [6.07, 6.45) is 0.839. The van der Waals surface area contributed by atoms with E-state index in [1.54, 1.807) is 14.2 Å². The van der Waals surface area contributed by atoms with E-state index in [-0.39, 0.29) is 0 Å². The number of hydrogen-bond donors (Lipinski definition) is 2. The molecule has 1 heterocycles. The standard InChI is InChI=1S/C13H18N2O2/c1-8-10(4-5-14)15-11-6-9(16-2)7-12(17-3)13(8)11/h6-7,15H,4-5,14H2,1-3H3. The van der Waals surface area contributed by atoms with E-state index in [1.165, 1.54) is 5.56 Å². The molecule has 2 aromatic rings. The first kappa shape index (κ1) is 11.8. The van der Waals surface area contributed by atoms with Crippen molar-refractivity contribution in [1.82, 2.24) is 4.98 Å². The van der Waals surface area contributed by atoms with Crippen LogP contribution in [0.3, 0.4) is 0 Å². The summed E-state index contributed by atoms with van der Waals surface area (Å²) in [6.45, 7) is 2.71. The highest BCUT2D eigenvalue weighted by Gasteiger charge is 2.13. The van der Waals surface area contributed by atoms with E-state index in [0.29, 0.717) is 6.54 Å². The second-order valence-corrected chi connectivity index (χ2v) is 4.02. The Morgan fingerprint density at radius 2 is 2.00 bits per heavy atom. The highest BCUT2D eigenvalue weighted by Crippen LogP contribution is 2.34. The largest absolute Gasteiger partial charge is 0.497 e. The number of aromatic amines is 1. The molecular weight excluding hydrogens is 216 g/mol. The first-order chi connectivity index (χ1) is 8.21. The van der Waals surface area contributed by atoms with E-state index in [4.69, 9.17) is 15.2 Å². The van der Waals surface area contributed by atoms with Crippen molar-refractivity contribution in [2.24, 2.45) is 5.73 Å². The maximum Gasteiger partial charge on any atom is 0.132 e. The summed E-state index contributed by atoms with van der Waals surface area (Å²) in [5.41, 5.74) is 8.99. The zero-order chi connectivity index (χ0) is 12.4. The maximum absolute atomic E-state index is 5.60. The predicted molar refractivity (Wildman–Crippen MR) is 68.9 cm³/mol. The molecule has 1 aromatic heterocycles. The summed E-state index contributed by atoms with van der Waals surface area (Å²) in [5.74, 6) is 1.62. The van der Waals surface area contributed by atoms with Crippen molar-refractivity contribution in [3.8, 4) is 11.5 Å². The van der Waals surface area contributed by atoms with Crippen LogP contribution in [-0.2, 0) is 6.42 Å². The van der Waals surface area contributed by atoms with Crippen LogP contribution in [0.1, 0.15) is 11.3 Å². The van der Waals surface area contributed by atoms with Gasteiger partial charge in [-0.2, -0.15) is 0 Å². The van der Waals surface area contributed by atoms with Crippen molar-refractivity contribution in [2.75, 3.05) is 20.8 Å². The van der Waals surface area contributed by atoms with E-state index >= 15 is 0 Å². The Morgan fingerprint density at radius 3 is 2.59 bits per heavy atom. The van der Waals surface area contributed by atoms with Crippen LogP contribution < -0.4 is 15.2 Å². The van der Waals surface area contributed by atoms with E-state index in [1.807, 2.05) is 12.1 Å². The Bertz CT molecular complexity index is 532. The minimum atomic E-state index is 0.632. The zero-order valence-corrected chi connectivity index (χ0v) is 10.5. The number of fused-ring (bicyclic) bond motifs is 1. The van der Waals surface area contributed by atoms with E-state index in [0.717, 1.165) is 34.5 Å². The topological polar surface area (TPSA) is 60.3 Å². The highest BCUT2D eigenvalue weighted by molar-refractivity contribution is 5.91. The molecule has 0 unspecified atom stereocenters. The van der Waals surface area contributed by atoms with Crippen LogP contribution in [0.2, 0.25) is 0 Å². The average Bonchev–Trinajstić information content (AvgIpc) is 2.66. The van der Waals surface area contributed by atoms with Gasteiger partial charge in [-0.3, -0.25) is 0 Å². The summed E-state index contributed by atoms with van der Waals surface area (Å²) in [5, 5.41) is 1.11. The molecule has 2 rings (SSSR count). The van der Waals surface area contributed by atoms with Gasteiger partial charge in [0.25, 0.3) is 0 Å². The number of nitrogens with one attached hydrogen (secondary N) is 1. The van der Waals surface area contributed by atoms with Crippen LogP contribution >= 0.6 is 0 Å². The molecule has 0 amide bonds. The molecule has 0 atom stereocenters. The van der Waals surface area contributed by atoms with Gasteiger partial charge in [0, 0.05) is 29.6 Å². The van der Waals surface area contributed by atoms with E-state index in [9.17, 15) is 0 Å². The van der Waals surface area contributed by atoms with Gasteiger partial charge in [-0.25, -0.2) is 0 Å². The molecule has 0 saturated carbocycles. The van der Waals surface area contributed by atoms with Crippen LogP contribution in [0.15, 0.2) is 12.1 Å². The van der Waals surface area contributed by atoms with Crippen molar-refractivity contribution in [3.63, 3.8) is 0 Å². The summed E-state index contributed by atoms with van der Waals surface area (Å²) in [7, 11) is 3.32. The lowest BCUT2D eigenvalue weighted by atomic mass is 10.1. The van der Waals surface area contributed by atoms with Gasteiger partial charge in [0.2, 0.25) is 0 Å². The number of H-pyrrole nitrogens is 1. The number of ether oxygens (including phenoxy) is 2. The Labute approximate surface area is 101 Å². The van der Waals surface area contributed by atoms with Gasteiger partial charge in [0.1, 0.15) is 11.5 Å². The Hall–Kier alpha value is -1.68. The molecule has 0 saturated heterocycles. The summed E-state index contributed by atoms with van der Waals surface area (Å²) >= 11 is 0. The lowest BCUT2D eigenvalue weighted by Gasteiger charge is -2.06. The number of nitrogens with two attached hydrogens (primary N) is 1. The fourth-order valence-electron chi connectivity index (χ4n) is 2.16. The van der Waals surface area contributed by atoms with Crippen molar-refractivity contribution in [2.45, 2.75) is 13.3 Å². The molecular formula is C13H18N2O2. The molecule has 0 radical (unpaired) electrons. The van der Waals surface area contributed by atoms with Crippen LogP contribution in [0.4, 0.5) is 0 Å². The van der Waals surface area contributed by atoms with Gasteiger partial charge in [-0.05, 0) is 19.0 Å². The summed E-state index contributed by atoms with van der Waals surface area (Å²) < 4.78 is 10.7. The third kappa shape index (κ3) is 1.96. The highest BCUT2D eigenvalue weighted by atomic mass is 16.5. The molecule has 17 heavy (non-hydrogen) atoms. The van der Waals surface area contributed by atoms with Gasteiger partial charge in [0.05, 0.1) is 19.7 Å². The van der Waals surface area contributed by atoms with Crippen LogP contribution in [-0.4, -0.2) is 25.7 Å².